The normalized spacial score (nSPS) is 10.4. The molecule has 2 heterocycles. The van der Waals surface area contributed by atoms with E-state index in [1.165, 1.54) is 14.2 Å². The maximum absolute atomic E-state index is 5.02. The highest BCUT2D eigenvalue weighted by Crippen LogP contribution is 2.14. The molecule has 0 amide bonds. The van der Waals surface area contributed by atoms with Crippen molar-refractivity contribution in [3.05, 3.63) is 18.2 Å². The first kappa shape index (κ1) is 12.3. The standard InChI is InChI=1S/C11H15N5O2/c1-4-5-8-12-6-7-16(8)9-13-10(17-2)15-11(14-9)18-3/h6-7H,4-5H2,1-3H3. The van der Waals surface area contributed by atoms with E-state index >= 15 is 0 Å². The molecule has 0 aliphatic rings. The van der Waals surface area contributed by atoms with Crippen molar-refractivity contribution in [3.8, 4) is 18.0 Å². The van der Waals surface area contributed by atoms with Crippen LogP contribution in [0, 0.1) is 0 Å². The lowest BCUT2D eigenvalue weighted by molar-refractivity contribution is 0.338. The van der Waals surface area contributed by atoms with Gasteiger partial charge in [0.25, 0.3) is 0 Å². The summed E-state index contributed by atoms with van der Waals surface area (Å²) in [4.78, 5) is 16.6. The minimum absolute atomic E-state index is 0.216. The summed E-state index contributed by atoms with van der Waals surface area (Å²) in [5.74, 6) is 1.34. The van der Waals surface area contributed by atoms with Crippen LogP contribution >= 0.6 is 0 Å². The molecule has 0 bridgehead atoms. The second-order valence-corrected chi connectivity index (χ2v) is 3.57. The lowest BCUT2D eigenvalue weighted by atomic mass is 10.3. The SMILES string of the molecule is CCCc1nccn1-c1nc(OC)nc(OC)n1. The predicted molar refractivity (Wildman–Crippen MR) is 64.0 cm³/mol. The molecule has 0 saturated carbocycles. The first-order valence-electron chi connectivity index (χ1n) is 5.65. The molecule has 0 aliphatic carbocycles. The maximum atomic E-state index is 5.02. The van der Waals surface area contributed by atoms with Crippen molar-refractivity contribution in [2.75, 3.05) is 14.2 Å². The van der Waals surface area contributed by atoms with Crippen molar-refractivity contribution >= 4 is 0 Å². The van der Waals surface area contributed by atoms with Crippen LogP contribution in [0.15, 0.2) is 12.4 Å². The van der Waals surface area contributed by atoms with E-state index in [4.69, 9.17) is 9.47 Å². The lowest BCUT2D eigenvalue weighted by Gasteiger charge is -2.07. The van der Waals surface area contributed by atoms with Gasteiger partial charge in [-0.05, 0) is 6.42 Å². The topological polar surface area (TPSA) is 75.0 Å². The van der Waals surface area contributed by atoms with Gasteiger partial charge in [-0.15, -0.1) is 4.98 Å². The Labute approximate surface area is 105 Å². The summed E-state index contributed by atoms with van der Waals surface area (Å²) in [5.41, 5.74) is 0. The minimum atomic E-state index is 0.216. The quantitative estimate of drug-likeness (QED) is 0.787. The number of methoxy groups -OCH3 is 2. The Morgan fingerprint density at radius 2 is 1.78 bits per heavy atom. The fourth-order valence-corrected chi connectivity index (χ4v) is 1.54. The summed E-state index contributed by atoms with van der Waals surface area (Å²) in [5, 5.41) is 0. The smallest absolute Gasteiger partial charge is 0.324 e. The van der Waals surface area contributed by atoms with Crippen LogP contribution < -0.4 is 9.47 Å². The zero-order valence-electron chi connectivity index (χ0n) is 10.6. The van der Waals surface area contributed by atoms with Crippen LogP contribution in [0.2, 0.25) is 0 Å². The van der Waals surface area contributed by atoms with Crippen molar-refractivity contribution in [2.45, 2.75) is 19.8 Å². The van der Waals surface area contributed by atoms with Crippen LogP contribution in [0.3, 0.4) is 0 Å². The number of hydrogen-bond donors (Lipinski definition) is 0. The van der Waals surface area contributed by atoms with Gasteiger partial charge in [-0.25, -0.2) is 4.98 Å². The zero-order chi connectivity index (χ0) is 13.0. The third kappa shape index (κ3) is 2.39. The van der Waals surface area contributed by atoms with Gasteiger partial charge < -0.3 is 9.47 Å². The molecule has 0 fully saturated rings. The Morgan fingerprint density at radius 1 is 1.11 bits per heavy atom. The highest BCUT2D eigenvalue weighted by Gasteiger charge is 2.11. The molecule has 0 spiro atoms. The molecule has 0 saturated heterocycles. The maximum Gasteiger partial charge on any atom is 0.324 e. The molecule has 96 valence electrons. The summed E-state index contributed by atoms with van der Waals surface area (Å²) in [6, 6.07) is 0.431. The number of aryl methyl sites for hydroxylation is 1. The summed E-state index contributed by atoms with van der Waals surface area (Å²) in [6.07, 6.45) is 5.37. The molecule has 0 N–H and O–H groups in total. The number of hydrogen-bond acceptors (Lipinski definition) is 6. The van der Waals surface area contributed by atoms with E-state index in [-0.39, 0.29) is 12.0 Å². The predicted octanol–water partition coefficient (Wildman–Crippen LogP) is 1.03. The average molecular weight is 249 g/mol. The number of aromatic nitrogens is 5. The molecule has 0 radical (unpaired) electrons. The Bertz CT molecular complexity index is 504. The molecule has 18 heavy (non-hydrogen) atoms. The summed E-state index contributed by atoms with van der Waals surface area (Å²) in [7, 11) is 3.00. The Hall–Kier alpha value is -2.18. The van der Waals surface area contributed by atoms with E-state index in [1.807, 2.05) is 0 Å². The summed E-state index contributed by atoms with van der Waals surface area (Å²) < 4.78 is 11.8. The third-order valence-corrected chi connectivity index (χ3v) is 2.35. The highest BCUT2D eigenvalue weighted by molar-refractivity contribution is 5.20. The van der Waals surface area contributed by atoms with E-state index in [2.05, 4.69) is 26.9 Å². The van der Waals surface area contributed by atoms with Crippen molar-refractivity contribution < 1.29 is 9.47 Å². The van der Waals surface area contributed by atoms with Crippen molar-refractivity contribution in [1.82, 2.24) is 24.5 Å². The van der Waals surface area contributed by atoms with E-state index in [1.54, 1.807) is 17.0 Å². The number of ether oxygens (including phenoxy) is 2. The average Bonchev–Trinajstić information content (AvgIpc) is 2.87. The van der Waals surface area contributed by atoms with E-state index < -0.39 is 0 Å². The van der Waals surface area contributed by atoms with Crippen LogP contribution in [0.1, 0.15) is 19.2 Å². The molecule has 0 aromatic carbocycles. The van der Waals surface area contributed by atoms with Gasteiger partial charge in [0.1, 0.15) is 5.82 Å². The molecule has 2 rings (SSSR count). The van der Waals surface area contributed by atoms with E-state index in [0.29, 0.717) is 5.95 Å². The van der Waals surface area contributed by atoms with Crippen LogP contribution in [0.5, 0.6) is 12.0 Å². The molecule has 0 unspecified atom stereocenters. The fraction of sp³-hybridized carbons (Fsp3) is 0.455. The molecule has 7 nitrogen and oxygen atoms in total. The van der Waals surface area contributed by atoms with Gasteiger partial charge in [-0.3, -0.25) is 4.57 Å². The van der Waals surface area contributed by atoms with Crippen LogP contribution in [-0.2, 0) is 6.42 Å². The van der Waals surface area contributed by atoms with Gasteiger partial charge in [0, 0.05) is 18.8 Å². The largest absolute Gasteiger partial charge is 0.467 e. The van der Waals surface area contributed by atoms with Crippen LogP contribution in [-0.4, -0.2) is 38.7 Å². The van der Waals surface area contributed by atoms with E-state index in [9.17, 15) is 0 Å². The Kier molecular flexibility index (Phi) is 3.71. The van der Waals surface area contributed by atoms with Gasteiger partial charge in [-0.2, -0.15) is 9.97 Å². The van der Waals surface area contributed by atoms with Crippen molar-refractivity contribution in [1.29, 1.82) is 0 Å². The fourth-order valence-electron chi connectivity index (χ4n) is 1.54. The number of nitrogens with zero attached hydrogens (tertiary/aromatic N) is 5. The van der Waals surface area contributed by atoms with Gasteiger partial charge in [0.15, 0.2) is 0 Å². The molecule has 0 aliphatic heterocycles. The second-order valence-electron chi connectivity index (χ2n) is 3.57. The highest BCUT2D eigenvalue weighted by atomic mass is 16.5. The first-order chi connectivity index (χ1) is 8.78. The third-order valence-electron chi connectivity index (χ3n) is 2.35. The molecule has 7 heteroatoms. The molecule has 2 aromatic heterocycles. The van der Waals surface area contributed by atoms with Crippen molar-refractivity contribution in [2.24, 2.45) is 0 Å². The molecule has 2 aromatic rings. The number of imidazole rings is 1. The molecular formula is C11H15N5O2. The second kappa shape index (κ2) is 5.44. The number of rotatable bonds is 5. The summed E-state index contributed by atoms with van der Waals surface area (Å²) >= 11 is 0. The first-order valence-corrected chi connectivity index (χ1v) is 5.65. The van der Waals surface area contributed by atoms with E-state index in [0.717, 1.165) is 18.7 Å². The van der Waals surface area contributed by atoms with Crippen LogP contribution in [0.25, 0.3) is 5.95 Å². The molecule has 0 atom stereocenters. The monoisotopic (exact) mass is 249 g/mol. The van der Waals surface area contributed by atoms with Gasteiger partial charge in [0.05, 0.1) is 14.2 Å². The van der Waals surface area contributed by atoms with Crippen LogP contribution in [0.4, 0.5) is 0 Å². The molecular weight excluding hydrogens is 234 g/mol. The summed E-state index contributed by atoms with van der Waals surface area (Å²) in [6.45, 7) is 2.09. The Balaban J connectivity index is 2.45. The lowest BCUT2D eigenvalue weighted by Crippen LogP contribution is -2.08. The Morgan fingerprint density at radius 3 is 2.33 bits per heavy atom. The van der Waals surface area contributed by atoms with Crippen molar-refractivity contribution in [3.63, 3.8) is 0 Å². The zero-order valence-corrected chi connectivity index (χ0v) is 10.6. The minimum Gasteiger partial charge on any atom is -0.467 e. The van der Waals surface area contributed by atoms with Gasteiger partial charge in [0.2, 0.25) is 5.95 Å². The van der Waals surface area contributed by atoms with Gasteiger partial charge in [-0.1, -0.05) is 6.92 Å². The van der Waals surface area contributed by atoms with Gasteiger partial charge >= 0.3 is 12.0 Å².